The van der Waals surface area contributed by atoms with Gasteiger partial charge < -0.3 is 4.74 Å². The molecular formula is C18H21NO2S. The molecule has 0 saturated heterocycles. The Morgan fingerprint density at radius 2 is 1.95 bits per heavy atom. The smallest absolute Gasteiger partial charge is 0.316 e. The topological polar surface area (TPSA) is 39.2 Å². The fourth-order valence-electron chi connectivity index (χ4n) is 2.07. The third kappa shape index (κ3) is 5.53. The molecule has 3 nitrogen and oxygen atoms in total. The summed E-state index contributed by atoms with van der Waals surface area (Å²) in [6, 6.07) is 14.0. The first-order chi connectivity index (χ1) is 10.6. The summed E-state index contributed by atoms with van der Waals surface area (Å²) < 4.78 is 5.27. The third-order valence-electron chi connectivity index (χ3n) is 3.23. The molecule has 0 amide bonds. The van der Waals surface area contributed by atoms with Crippen LogP contribution in [0.3, 0.4) is 0 Å². The van der Waals surface area contributed by atoms with Crippen LogP contribution in [0.15, 0.2) is 47.4 Å². The van der Waals surface area contributed by atoms with Gasteiger partial charge in [-0.05, 0) is 50.5 Å². The summed E-state index contributed by atoms with van der Waals surface area (Å²) in [6.07, 6.45) is 1.64. The number of carbonyl (C=O) groups excluding carboxylic acids is 1. The maximum Gasteiger partial charge on any atom is 0.316 e. The molecule has 22 heavy (non-hydrogen) atoms. The summed E-state index contributed by atoms with van der Waals surface area (Å²) in [7, 11) is 0. The van der Waals surface area contributed by atoms with E-state index in [0.717, 1.165) is 29.1 Å². The molecule has 1 aromatic carbocycles. The van der Waals surface area contributed by atoms with Gasteiger partial charge in [0.2, 0.25) is 0 Å². The minimum Gasteiger partial charge on any atom is -0.465 e. The number of carbonyl (C=O) groups is 1. The number of nitrogens with zero attached hydrogens (tertiary/aromatic N) is 1. The monoisotopic (exact) mass is 315 g/mol. The molecule has 2 aromatic rings. The summed E-state index contributed by atoms with van der Waals surface area (Å²) >= 11 is 1.52. The molecule has 0 N–H and O–H groups in total. The van der Waals surface area contributed by atoms with Crippen LogP contribution in [0.2, 0.25) is 0 Å². The van der Waals surface area contributed by atoms with Crippen LogP contribution in [0.1, 0.15) is 23.4 Å². The lowest BCUT2D eigenvalue weighted by Gasteiger charge is -2.06. The zero-order valence-corrected chi connectivity index (χ0v) is 13.9. The molecule has 0 fully saturated rings. The maximum absolute atomic E-state index is 11.7. The largest absolute Gasteiger partial charge is 0.465 e. The van der Waals surface area contributed by atoms with Crippen molar-refractivity contribution in [1.82, 2.24) is 4.98 Å². The van der Waals surface area contributed by atoms with Crippen LogP contribution in [0.4, 0.5) is 0 Å². The zero-order valence-electron chi connectivity index (χ0n) is 13.0. The van der Waals surface area contributed by atoms with E-state index in [4.69, 9.17) is 4.74 Å². The van der Waals surface area contributed by atoms with Crippen molar-refractivity contribution in [2.24, 2.45) is 0 Å². The second kappa shape index (κ2) is 8.59. The summed E-state index contributed by atoms with van der Waals surface area (Å²) in [5.74, 6) is 0.193. The van der Waals surface area contributed by atoms with E-state index >= 15 is 0 Å². The Hall–Kier alpha value is -1.81. The molecule has 1 aromatic heterocycles. The number of hydrogen-bond acceptors (Lipinski definition) is 4. The predicted octanol–water partition coefficient (Wildman–Crippen LogP) is 3.97. The number of aryl methyl sites for hydroxylation is 3. The highest BCUT2D eigenvalue weighted by Gasteiger charge is 2.06. The van der Waals surface area contributed by atoms with E-state index in [1.807, 2.05) is 56.3 Å². The highest BCUT2D eigenvalue weighted by atomic mass is 32.2. The molecule has 2 rings (SSSR count). The van der Waals surface area contributed by atoms with Gasteiger partial charge in [0.05, 0.1) is 12.4 Å². The molecule has 0 bridgehead atoms. The minimum absolute atomic E-state index is 0.162. The first-order valence-corrected chi connectivity index (χ1v) is 8.40. The number of pyridine rings is 1. The number of thioether (sulfide) groups is 1. The number of benzene rings is 1. The number of ether oxygens (including phenoxy) is 1. The second-order valence-electron chi connectivity index (χ2n) is 5.15. The van der Waals surface area contributed by atoms with E-state index in [0.29, 0.717) is 12.4 Å². The molecule has 0 aliphatic carbocycles. The van der Waals surface area contributed by atoms with Crippen molar-refractivity contribution in [2.45, 2.75) is 31.6 Å². The standard InChI is InChI=1S/C18H21NO2S/c1-14-7-3-4-11-17(14)22-13-18(20)21-12-6-10-16-9-5-8-15(2)19-16/h3-5,7-9,11H,6,10,12-13H2,1-2H3. The lowest BCUT2D eigenvalue weighted by molar-refractivity contribution is -0.140. The second-order valence-corrected chi connectivity index (χ2v) is 6.17. The van der Waals surface area contributed by atoms with Gasteiger partial charge in [-0.15, -0.1) is 11.8 Å². The minimum atomic E-state index is -0.162. The van der Waals surface area contributed by atoms with Crippen molar-refractivity contribution in [2.75, 3.05) is 12.4 Å². The van der Waals surface area contributed by atoms with Crippen molar-refractivity contribution in [1.29, 1.82) is 0 Å². The quantitative estimate of drug-likeness (QED) is 0.440. The van der Waals surface area contributed by atoms with Crippen LogP contribution < -0.4 is 0 Å². The zero-order chi connectivity index (χ0) is 15.8. The van der Waals surface area contributed by atoms with Gasteiger partial charge in [0.15, 0.2) is 0 Å². The van der Waals surface area contributed by atoms with Crippen LogP contribution in [0.5, 0.6) is 0 Å². The molecular weight excluding hydrogens is 294 g/mol. The van der Waals surface area contributed by atoms with Crippen LogP contribution in [0.25, 0.3) is 0 Å². The van der Waals surface area contributed by atoms with Crippen LogP contribution in [0, 0.1) is 13.8 Å². The lowest BCUT2D eigenvalue weighted by Crippen LogP contribution is -2.09. The van der Waals surface area contributed by atoms with Gasteiger partial charge in [0.1, 0.15) is 0 Å². The predicted molar refractivity (Wildman–Crippen MR) is 90.2 cm³/mol. The van der Waals surface area contributed by atoms with Crippen molar-refractivity contribution < 1.29 is 9.53 Å². The average molecular weight is 315 g/mol. The van der Waals surface area contributed by atoms with E-state index < -0.39 is 0 Å². The maximum atomic E-state index is 11.7. The Bertz CT molecular complexity index is 628. The van der Waals surface area contributed by atoms with E-state index in [2.05, 4.69) is 4.98 Å². The fourth-order valence-corrected chi connectivity index (χ4v) is 2.90. The molecule has 0 spiro atoms. The Morgan fingerprint density at radius 3 is 2.73 bits per heavy atom. The normalized spacial score (nSPS) is 10.5. The van der Waals surface area contributed by atoms with Crippen LogP contribution in [-0.4, -0.2) is 23.3 Å². The fraction of sp³-hybridized carbons (Fsp3) is 0.333. The van der Waals surface area contributed by atoms with Crippen molar-refractivity contribution >= 4 is 17.7 Å². The Labute approximate surface area is 136 Å². The molecule has 4 heteroatoms. The van der Waals surface area contributed by atoms with E-state index in [1.54, 1.807) is 0 Å². The highest BCUT2D eigenvalue weighted by molar-refractivity contribution is 8.00. The summed E-state index contributed by atoms with van der Waals surface area (Å²) in [5, 5.41) is 0. The Kier molecular flexibility index (Phi) is 6.46. The van der Waals surface area contributed by atoms with E-state index in [9.17, 15) is 4.79 Å². The number of hydrogen-bond donors (Lipinski definition) is 0. The molecule has 1 heterocycles. The number of esters is 1. The first-order valence-electron chi connectivity index (χ1n) is 7.42. The Morgan fingerprint density at radius 1 is 1.14 bits per heavy atom. The average Bonchev–Trinajstić information content (AvgIpc) is 2.51. The van der Waals surface area contributed by atoms with Gasteiger partial charge in [-0.2, -0.15) is 0 Å². The van der Waals surface area contributed by atoms with Gasteiger partial charge in [0.25, 0.3) is 0 Å². The van der Waals surface area contributed by atoms with Crippen molar-refractivity contribution in [3.8, 4) is 0 Å². The van der Waals surface area contributed by atoms with Gasteiger partial charge in [-0.1, -0.05) is 24.3 Å². The third-order valence-corrected chi connectivity index (χ3v) is 4.37. The molecule has 0 saturated carbocycles. The van der Waals surface area contributed by atoms with Gasteiger partial charge in [-0.3, -0.25) is 9.78 Å². The van der Waals surface area contributed by atoms with E-state index in [1.165, 1.54) is 17.3 Å². The number of aromatic nitrogens is 1. The molecule has 0 aliphatic rings. The molecule has 0 radical (unpaired) electrons. The van der Waals surface area contributed by atoms with Crippen molar-refractivity contribution in [3.05, 3.63) is 59.4 Å². The van der Waals surface area contributed by atoms with Gasteiger partial charge >= 0.3 is 5.97 Å². The first kappa shape index (κ1) is 16.6. The van der Waals surface area contributed by atoms with Crippen LogP contribution >= 0.6 is 11.8 Å². The van der Waals surface area contributed by atoms with Gasteiger partial charge in [-0.25, -0.2) is 0 Å². The molecule has 0 atom stereocenters. The summed E-state index contributed by atoms with van der Waals surface area (Å²) in [4.78, 5) is 17.3. The van der Waals surface area contributed by atoms with Crippen LogP contribution in [-0.2, 0) is 16.0 Å². The lowest BCUT2D eigenvalue weighted by atomic mass is 10.2. The summed E-state index contributed by atoms with van der Waals surface area (Å²) in [6.45, 7) is 4.47. The Balaban J connectivity index is 1.65. The molecule has 0 unspecified atom stereocenters. The van der Waals surface area contributed by atoms with Gasteiger partial charge in [0, 0.05) is 16.3 Å². The number of rotatable bonds is 7. The van der Waals surface area contributed by atoms with Crippen molar-refractivity contribution in [3.63, 3.8) is 0 Å². The SMILES string of the molecule is Cc1cccc(CCCOC(=O)CSc2ccccc2C)n1. The molecule has 0 aliphatic heterocycles. The van der Waals surface area contributed by atoms with E-state index in [-0.39, 0.29) is 5.97 Å². The highest BCUT2D eigenvalue weighted by Crippen LogP contribution is 2.21. The summed E-state index contributed by atoms with van der Waals surface area (Å²) in [5.41, 5.74) is 3.25. The molecule has 116 valence electrons.